The number of nitrogens with one attached hydrogen (secondary N) is 1. The van der Waals surface area contributed by atoms with Crippen LogP contribution in [0.4, 0.5) is 0 Å². The van der Waals surface area contributed by atoms with Crippen molar-refractivity contribution in [3.8, 4) is 11.4 Å². The molecular weight excluding hydrogens is 322 g/mol. The Balaban J connectivity index is 1.82. The molecule has 1 aromatic carbocycles. The van der Waals surface area contributed by atoms with Gasteiger partial charge in [-0.05, 0) is 20.3 Å². The number of nitrogens with zero attached hydrogens (tertiary/aromatic N) is 2. The second kappa shape index (κ2) is 8.96. The zero-order chi connectivity index (χ0) is 18.2. The number of carbonyl (C=O) groups excluding carboxylic acids is 2. The molecule has 7 nitrogen and oxygen atoms in total. The summed E-state index contributed by atoms with van der Waals surface area (Å²) in [7, 11) is 0. The SMILES string of the molecule is CCCNC(=O)C(C)OC(=O)CCc1nc(-c2ccc(C)cc2)no1. The van der Waals surface area contributed by atoms with Gasteiger partial charge in [0.25, 0.3) is 5.91 Å². The smallest absolute Gasteiger partial charge is 0.307 e. The van der Waals surface area contributed by atoms with E-state index < -0.39 is 12.1 Å². The minimum Gasteiger partial charge on any atom is -0.453 e. The molecule has 25 heavy (non-hydrogen) atoms. The van der Waals surface area contributed by atoms with E-state index in [1.165, 1.54) is 0 Å². The zero-order valence-corrected chi connectivity index (χ0v) is 14.7. The number of hydrogen-bond donors (Lipinski definition) is 1. The second-order valence-corrected chi connectivity index (χ2v) is 5.80. The lowest BCUT2D eigenvalue weighted by molar-refractivity contribution is -0.154. The van der Waals surface area contributed by atoms with Gasteiger partial charge in [-0.2, -0.15) is 4.98 Å². The van der Waals surface area contributed by atoms with Crippen molar-refractivity contribution in [2.24, 2.45) is 0 Å². The molecule has 0 fully saturated rings. The zero-order valence-electron chi connectivity index (χ0n) is 14.7. The minimum atomic E-state index is -0.815. The van der Waals surface area contributed by atoms with Crippen molar-refractivity contribution in [2.75, 3.05) is 6.54 Å². The number of hydrogen-bond acceptors (Lipinski definition) is 6. The predicted octanol–water partition coefficient (Wildman–Crippen LogP) is 2.44. The number of aromatic nitrogens is 2. The van der Waals surface area contributed by atoms with Gasteiger partial charge in [0.1, 0.15) is 0 Å². The van der Waals surface area contributed by atoms with E-state index in [9.17, 15) is 9.59 Å². The molecule has 1 atom stereocenters. The van der Waals surface area contributed by atoms with E-state index in [1.807, 2.05) is 38.1 Å². The van der Waals surface area contributed by atoms with Crippen LogP contribution in [0.1, 0.15) is 38.1 Å². The molecule has 1 N–H and O–H groups in total. The molecule has 0 aliphatic carbocycles. The average Bonchev–Trinajstić information content (AvgIpc) is 3.07. The van der Waals surface area contributed by atoms with E-state index in [2.05, 4.69) is 15.5 Å². The Hall–Kier alpha value is -2.70. The fraction of sp³-hybridized carbons (Fsp3) is 0.444. The maximum atomic E-state index is 11.8. The molecule has 0 aliphatic rings. The van der Waals surface area contributed by atoms with Gasteiger partial charge in [-0.1, -0.05) is 41.9 Å². The third kappa shape index (κ3) is 5.70. The molecular formula is C18H23N3O4. The van der Waals surface area contributed by atoms with Gasteiger partial charge in [-0.25, -0.2) is 0 Å². The summed E-state index contributed by atoms with van der Waals surface area (Å²) in [4.78, 5) is 27.8. The van der Waals surface area contributed by atoms with E-state index in [0.717, 1.165) is 17.5 Å². The van der Waals surface area contributed by atoms with E-state index in [-0.39, 0.29) is 18.7 Å². The number of esters is 1. The Morgan fingerprint density at radius 3 is 2.68 bits per heavy atom. The first-order valence-corrected chi connectivity index (χ1v) is 8.36. The van der Waals surface area contributed by atoms with Gasteiger partial charge >= 0.3 is 5.97 Å². The summed E-state index contributed by atoms with van der Waals surface area (Å²) in [6.45, 7) is 6.06. The number of benzene rings is 1. The van der Waals surface area contributed by atoms with Gasteiger partial charge in [0.15, 0.2) is 6.10 Å². The van der Waals surface area contributed by atoms with Crippen molar-refractivity contribution < 1.29 is 18.8 Å². The summed E-state index contributed by atoms with van der Waals surface area (Å²) >= 11 is 0. The molecule has 7 heteroatoms. The molecule has 1 unspecified atom stereocenters. The molecule has 2 rings (SSSR count). The van der Waals surface area contributed by atoms with Crippen LogP contribution in [0, 0.1) is 6.92 Å². The van der Waals surface area contributed by atoms with Crippen LogP contribution in [0.2, 0.25) is 0 Å². The van der Waals surface area contributed by atoms with Crippen molar-refractivity contribution in [2.45, 2.75) is 46.1 Å². The highest BCUT2D eigenvalue weighted by Crippen LogP contribution is 2.16. The first-order chi connectivity index (χ1) is 12.0. The molecule has 0 aliphatic heterocycles. The first-order valence-electron chi connectivity index (χ1n) is 8.36. The lowest BCUT2D eigenvalue weighted by atomic mass is 10.1. The van der Waals surface area contributed by atoms with Crippen molar-refractivity contribution >= 4 is 11.9 Å². The Kier molecular flexibility index (Phi) is 6.68. The predicted molar refractivity (Wildman–Crippen MR) is 91.6 cm³/mol. The Morgan fingerprint density at radius 1 is 1.28 bits per heavy atom. The Morgan fingerprint density at radius 2 is 2.00 bits per heavy atom. The highest BCUT2D eigenvalue weighted by atomic mass is 16.5. The fourth-order valence-corrected chi connectivity index (χ4v) is 2.09. The van der Waals surface area contributed by atoms with Crippen molar-refractivity contribution in [1.82, 2.24) is 15.5 Å². The highest BCUT2D eigenvalue weighted by molar-refractivity contribution is 5.83. The van der Waals surface area contributed by atoms with E-state index in [1.54, 1.807) is 6.92 Å². The number of ether oxygens (including phenoxy) is 1. The average molecular weight is 345 g/mol. The lowest BCUT2D eigenvalue weighted by Gasteiger charge is -2.12. The molecule has 0 radical (unpaired) electrons. The molecule has 1 heterocycles. The van der Waals surface area contributed by atoms with Gasteiger partial charge < -0.3 is 14.6 Å². The van der Waals surface area contributed by atoms with Crippen LogP contribution in [0.25, 0.3) is 11.4 Å². The normalized spacial score (nSPS) is 11.8. The Labute approximate surface area is 146 Å². The number of aryl methyl sites for hydroxylation is 2. The maximum absolute atomic E-state index is 11.8. The number of rotatable bonds is 8. The quantitative estimate of drug-likeness (QED) is 0.739. The molecule has 1 amide bonds. The molecule has 0 saturated carbocycles. The summed E-state index contributed by atoms with van der Waals surface area (Å²) in [5.41, 5.74) is 2.00. The van der Waals surface area contributed by atoms with Gasteiger partial charge in [0.05, 0.1) is 6.42 Å². The molecule has 1 aromatic heterocycles. The van der Waals surface area contributed by atoms with Crippen LogP contribution >= 0.6 is 0 Å². The third-order valence-corrected chi connectivity index (χ3v) is 3.55. The summed E-state index contributed by atoms with van der Waals surface area (Å²) < 4.78 is 10.3. The minimum absolute atomic E-state index is 0.0704. The van der Waals surface area contributed by atoms with E-state index in [4.69, 9.17) is 9.26 Å². The van der Waals surface area contributed by atoms with Crippen LogP contribution in [0.3, 0.4) is 0 Å². The monoisotopic (exact) mass is 345 g/mol. The van der Waals surface area contributed by atoms with Crippen LogP contribution in [0.15, 0.2) is 28.8 Å². The topological polar surface area (TPSA) is 94.3 Å². The van der Waals surface area contributed by atoms with Crippen LogP contribution in [0.5, 0.6) is 0 Å². The van der Waals surface area contributed by atoms with Gasteiger partial charge in [0.2, 0.25) is 11.7 Å². The van der Waals surface area contributed by atoms with Crippen molar-refractivity contribution in [1.29, 1.82) is 0 Å². The summed E-state index contributed by atoms with van der Waals surface area (Å²) in [5.74, 6) is 0.0650. The van der Waals surface area contributed by atoms with Gasteiger partial charge in [-0.15, -0.1) is 0 Å². The van der Waals surface area contributed by atoms with Crippen LogP contribution in [-0.2, 0) is 20.7 Å². The summed E-state index contributed by atoms with van der Waals surface area (Å²) in [6, 6.07) is 7.76. The Bertz CT molecular complexity index is 709. The van der Waals surface area contributed by atoms with Crippen molar-refractivity contribution in [3.05, 3.63) is 35.7 Å². The van der Waals surface area contributed by atoms with Gasteiger partial charge in [0, 0.05) is 18.5 Å². The lowest BCUT2D eigenvalue weighted by Crippen LogP contribution is -2.36. The molecule has 2 aromatic rings. The number of amides is 1. The first kappa shape index (κ1) is 18.6. The second-order valence-electron chi connectivity index (χ2n) is 5.80. The van der Waals surface area contributed by atoms with Gasteiger partial charge in [-0.3, -0.25) is 9.59 Å². The van der Waals surface area contributed by atoms with Crippen molar-refractivity contribution in [3.63, 3.8) is 0 Å². The maximum Gasteiger partial charge on any atom is 0.307 e. The standard InChI is InChI=1S/C18H23N3O4/c1-4-11-19-18(23)13(3)24-16(22)10-9-15-20-17(21-25-15)14-7-5-12(2)6-8-14/h5-8,13H,4,9-11H2,1-3H3,(H,19,23). The highest BCUT2D eigenvalue weighted by Gasteiger charge is 2.18. The van der Waals surface area contributed by atoms with Crippen LogP contribution < -0.4 is 5.32 Å². The van der Waals surface area contributed by atoms with E-state index in [0.29, 0.717) is 18.3 Å². The molecule has 134 valence electrons. The van der Waals surface area contributed by atoms with E-state index >= 15 is 0 Å². The molecule has 0 saturated heterocycles. The molecule has 0 spiro atoms. The number of carbonyl (C=O) groups is 2. The molecule has 0 bridgehead atoms. The van der Waals surface area contributed by atoms with Crippen LogP contribution in [-0.4, -0.2) is 34.7 Å². The fourth-order valence-electron chi connectivity index (χ4n) is 2.09. The largest absolute Gasteiger partial charge is 0.453 e. The summed E-state index contributed by atoms with van der Waals surface area (Å²) in [5, 5.41) is 6.59. The summed E-state index contributed by atoms with van der Waals surface area (Å²) in [6.07, 6.45) is 0.347. The third-order valence-electron chi connectivity index (χ3n) is 3.55.